The van der Waals surface area contributed by atoms with E-state index in [0.29, 0.717) is 12.0 Å². The second-order valence-electron chi connectivity index (χ2n) is 6.42. The number of hydrogen-bond acceptors (Lipinski definition) is 2. The molecule has 0 aliphatic heterocycles. The van der Waals surface area contributed by atoms with Gasteiger partial charge in [-0.15, -0.1) is 0 Å². The third kappa shape index (κ3) is 5.23. The molecule has 4 nitrogen and oxygen atoms in total. The molecular formula is C20H24N2O2. The molecule has 2 aromatic carbocycles. The zero-order chi connectivity index (χ0) is 17.5. The summed E-state index contributed by atoms with van der Waals surface area (Å²) in [5, 5.41) is 2.72. The first kappa shape index (κ1) is 17.7. The van der Waals surface area contributed by atoms with E-state index in [9.17, 15) is 9.59 Å². The van der Waals surface area contributed by atoms with E-state index in [2.05, 4.69) is 17.4 Å². The Hall–Kier alpha value is -2.62. The van der Waals surface area contributed by atoms with E-state index in [-0.39, 0.29) is 11.8 Å². The van der Waals surface area contributed by atoms with Crippen molar-refractivity contribution < 1.29 is 9.59 Å². The van der Waals surface area contributed by atoms with Gasteiger partial charge >= 0.3 is 0 Å². The molecule has 0 fully saturated rings. The van der Waals surface area contributed by atoms with Crippen molar-refractivity contribution in [3.05, 3.63) is 71.3 Å². The van der Waals surface area contributed by atoms with E-state index < -0.39 is 11.9 Å². The number of rotatable bonds is 7. The number of carbonyl (C=O) groups is 2. The molecule has 1 atom stereocenters. The molecule has 0 aliphatic carbocycles. The molecule has 3 N–H and O–H groups in total. The molecule has 0 bridgehead atoms. The highest BCUT2D eigenvalue weighted by Gasteiger charge is 2.19. The molecule has 0 spiro atoms. The Kier molecular flexibility index (Phi) is 6.13. The van der Waals surface area contributed by atoms with Crippen molar-refractivity contribution in [1.29, 1.82) is 0 Å². The van der Waals surface area contributed by atoms with Crippen LogP contribution < -0.4 is 11.1 Å². The summed E-state index contributed by atoms with van der Waals surface area (Å²) in [6.07, 6.45) is 1.35. The summed E-state index contributed by atoms with van der Waals surface area (Å²) < 4.78 is 0. The Bertz CT molecular complexity index is 679. The average molecular weight is 324 g/mol. The summed E-state index contributed by atoms with van der Waals surface area (Å²) in [5.41, 5.74) is 8.25. The van der Waals surface area contributed by atoms with Gasteiger partial charge < -0.3 is 11.1 Å². The minimum atomic E-state index is -0.638. The van der Waals surface area contributed by atoms with Crippen molar-refractivity contribution in [3.8, 4) is 0 Å². The molecule has 24 heavy (non-hydrogen) atoms. The second-order valence-corrected chi connectivity index (χ2v) is 6.42. The third-order valence-corrected chi connectivity index (χ3v) is 3.82. The van der Waals surface area contributed by atoms with E-state index in [1.54, 1.807) is 12.1 Å². The molecule has 0 radical (unpaired) electrons. The van der Waals surface area contributed by atoms with Crippen LogP contribution in [-0.4, -0.2) is 17.9 Å². The van der Waals surface area contributed by atoms with Crippen LogP contribution >= 0.6 is 0 Å². The summed E-state index contributed by atoms with van der Waals surface area (Å²) in [5.74, 6) is -0.500. The zero-order valence-electron chi connectivity index (χ0n) is 14.2. The maximum atomic E-state index is 12.3. The summed E-state index contributed by atoms with van der Waals surface area (Å²) in [7, 11) is 0. The highest BCUT2D eigenvalue weighted by molar-refractivity contribution is 5.97. The molecule has 0 aliphatic rings. The fourth-order valence-corrected chi connectivity index (χ4v) is 2.56. The van der Waals surface area contributed by atoms with Crippen LogP contribution in [0, 0.1) is 5.92 Å². The van der Waals surface area contributed by atoms with Gasteiger partial charge in [0.25, 0.3) is 5.91 Å². The molecule has 0 saturated heterocycles. The second kappa shape index (κ2) is 8.29. The predicted molar refractivity (Wildman–Crippen MR) is 95.6 cm³/mol. The van der Waals surface area contributed by atoms with Gasteiger partial charge in [-0.3, -0.25) is 9.59 Å². The van der Waals surface area contributed by atoms with Gasteiger partial charge in [0.1, 0.15) is 6.04 Å². The maximum absolute atomic E-state index is 12.3. The molecule has 2 aromatic rings. The van der Waals surface area contributed by atoms with E-state index in [4.69, 9.17) is 5.73 Å². The molecule has 0 aromatic heterocycles. The fraction of sp³-hybridized carbons (Fsp3) is 0.300. The van der Waals surface area contributed by atoms with Crippen LogP contribution in [0.3, 0.4) is 0 Å². The lowest BCUT2D eigenvalue weighted by molar-refractivity contribution is -0.120. The lowest BCUT2D eigenvalue weighted by Crippen LogP contribution is -2.45. The monoisotopic (exact) mass is 324 g/mol. The maximum Gasteiger partial charge on any atom is 0.251 e. The molecule has 126 valence electrons. The first-order valence-corrected chi connectivity index (χ1v) is 8.18. The summed E-state index contributed by atoms with van der Waals surface area (Å²) >= 11 is 0. The van der Waals surface area contributed by atoms with E-state index >= 15 is 0 Å². The van der Waals surface area contributed by atoms with Crippen LogP contribution in [0.15, 0.2) is 54.6 Å². The first-order chi connectivity index (χ1) is 11.5. The molecule has 0 heterocycles. The normalized spacial score (nSPS) is 12.0. The highest BCUT2D eigenvalue weighted by atomic mass is 16.2. The quantitative estimate of drug-likeness (QED) is 0.822. The van der Waals surface area contributed by atoms with Gasteiger partial charge in [0.15, 0.2) is 0 Å². The molecule has 0 saturated carbocycles. The van der Waals surface area contributed by atoms with Crippen LogP contribution in [0.1, 0.15) is 41.8 Å². The van der Waals surface area contributed by atoms with E-state index in [1.165, 1.54) is 5.56 Å². The lowest BCUT2D eigenvalue weighted by atomic mass is 10.0. The fourth-order valence-electron chi connectivity index (χ4n) is 2.56. The molecule has 4 heteroatoms. The molecule has 2 rings (SSSR count). The number of nitrogens with one attached hydrogen (secondary N) is 1. The van der Waals surface area contributed by atoms with Gasteiger partial charge in [0, 0.05) is 5.56 Å². The highest BCUT2D eigenvalue weighted by Crippen LogP contribution is 2.12. The van der Waals surface area contributed by atoms with Crippen molar-refractivity contribution in [1.82, 2.24) is 5.32 Å². The largest absolute Gasteiger partial charge is 0.368 e. The number of carbonyl (C=O) groups excluding carboxylic acids is 2. The number of primary amides is 1. The van der Waals surface area contributed by atoms with Gasteiger partial charge in [-0.25, -0.2) is 0 Å². The van der Waals surface area contributed by atoms with Crippen molar-refractivity contribution in [2.45, 2.75) is 32.7 Å². The predicted octanol–water partition coefficient (Wildman–Crippen LogP) is 2.91. The molecule has 2 amide bonds. The van der Waals surface area contributed by atoms with Gasteiger partial charge in [-0.05, 0) is 42.0 Å². The van der Waals surface area contributed by atoms with Crippen molar-refractivity contribution in [3.63, 3.8) is 0 Å². The third-order valence-electron chi connectivity index (χ3n) is 3.82. The minimum Gasteiger partial charge on any atom is -0.368 e. The van der Waals surface area contributed by atoms with Crippen LogP contribution in [0.5, 0.6) is 0 Å². The van der Waals surface area contributed by atoms with Crippen LogP contribution in [-0.2, 0) is 11.2 Å². The van der Waals surface area contributed by atoms with Crippen LogP contribution in [0.4, 0.5) is 0 Å². The molecule has 0 unspecified atom stereocenters. The van der Waals surface area contributed by atoms with Gasteiger partial charge in [0.05, 0.1) is 0 Å². The Labute approximate surface area is 143 Å². The van der Waals surface area contributed by atoms with E-state index in [1.807, 2.05) is 44.2 Å². The molecular weight excluding hydrogens is 300 g/mol. The Morgan fingerprint density at radius 2 is 1.54 bits per heavy atom. The van der Waals surface area contributed by atoms with E-state index in [0.717, 1.165) is 12.0 Å². The minimum absolute atomic E-state index is 0.272. The Morgan fingerprint density at radius 3 is 2.08 bits per heavy atom. The lowest BCUT2D eigenvalue weighted by Gasteiger charge is -2.17. The van der Waals surface area contributed by atoms with Crippen LogP contribution in [0.25, 0.3) is 0 Å². The number of hydrogen-bond donors (Lipinski definition) is 2. The summed E-state index contributed by atoms with van der Waals surface area (Å²) in [4.78, 5) is 23.8. The van der Waals surface area contributed by atoms with Crippen molar-refractivity contribution >= 4 is 11.8 Å². The Balaban J connectivity index is 2.01. The van der Waals surface area contributed by atoms with Gasteiger partial charge in [0.2, 0.25) is 5.91 Å². The van der Waals surface area contributed by atoms with Gasteiger partial charge in [-0.2, -0.15) is 0 Å². The topological polar surface area (TPSA) is 72.2 Å². The zero-order valence-corrected chi connectivity index (χ0v) is 14.2. The standard InChI is InChI=1S/C20H24N2O2/c1-14(2)12-18(19(21)23)22-20(24)17-10-8-16(9-11-17)13-15-6-4-3-5-7-15/h3-11,14,18H,12-13H2,1-2H3,(H2,21,23)(H,22,24)/t18-/m0/s1. The first-order valence-electron chi connectivity index (χ1n) is 8.18. The number of benzene rings is 2. The SMILES string of the molecule is CC(C)C[C@H](NC(=O)c1ccc(Cc2ccccc2)cc1)C(N)=O. The number of amides is 2. The summed E-state index contributed by atoms with van der Waals surface area (Å²) in [6, 6.07) is 16.9. The van der Waals surface area contributed by atoms with Crippen LogP contribution in [0.2, 0.25) is 0 Å². The summed E-state index contributed by atoms with van der Waals surface area (Å²) in [6.45, 7) is 3.97. The van der Waals surface area contributed by atoms with Gasteiger partial charge in [-0.1, -0.05) is 56.3 Å². The smallest absolute Gasteiger partial charge is 0.251 e. The average Bonchev–Trinajstić information content (AvgIpc) is 2.55. The van der Waals surface area contributed by atoms with Crippen molar-refractivity contribution in [2.24, 2.45) is 11.7 Å². The number of nitrogens with two attached hydrogens (primary N) is 1. The Morgan fingerprint density at radius 1 is 0.958 bits per heavy atom. The van der Waals surface area contributed by atoms with Crippen molar-refractivity contribution in [2.75, 3.05) is 0 Å².